The standard InChI is InChI=1S/C16H32O2SSi/c1-15(2,3)20(4,5)18-10-9-16(17)11-13-7-6-8-14(12-16)19-13/h13-14,17H,6-12H2,1-5H3. The van der Waals surface area contributed by atoms with E-state index in [0.29, 0.717) is 10.5 Å². The summed E-state index contributed by atoms with van der Waals surface area (Å²) in [6.07, 6.45) is 6.75. The van der Waals surface area contributed by atoms with Crippen molar-refractivity contribution in [2.24, 2.45) is 0 Å². The number of hydrogen-bond acceptors (Lipinski definition) is 3. The number of hydrogen-bond donors (Lipinski definition) is 1. The van der Waals surface area contributed by atoms with Gasteiger partial charge in [-0.05, 0) is 50.2 Å². The van der Waals surface area contributed by atoms with Crippen molar-refractivity contribution >= 4 is 20.1 Å². The van der Waals surface area contributed by atoms with Gasteiger partial charge in [0.1, 0.15) is 0 Å². The normalized spacial score (nSPS) is 35.1. The topological polar surface area (TPSA) is 29.5 Å². The number of fused-ring (bicyclic) bond motifs is 2. The van der Waals surface area contributed by atoms with Crippen LogP contribution in [0.5, 0.6) is 0 Å². The van der Waals surface area contributed by atoms with Crippen LogP contribution in [-0.2, 0) is 4.43 Å². The molecule has 2 fully saturated rings. The van der Waals surface area contributed by atoms with Crippen molar-refractivity contribution in [2.75, 3.05) is 6.61 Å². The van der Waals surface area contributed by atoms with Gasteiger partial charge in [-0.25, -0.2) is 0 Å². The van der Waals surface area contributed by atoms with Gasteiger partial charge in [0.05, 0.1) is 5.60 Å². The minimum absolute atomic E-state index is 0.258. The van der Waals surface area contributed by atoms with Crippen molar-refractivity contribution in [3.63, 3.8) is 0 Å². The van der Waals surface area contributed by atoms with Crippen LogP contribution in [0, 0.1) is 0 Å². The molecule has 2 nitrogen and oxygen atoms in total. The quantitative estimate of drug-likeness (QED) is 0.770. The molecule has 2 saturated heterocycles. The van der Waals surface area contributed by atoms with E-state index in [1.54, 1.807) is 0 Å². The molecule has 0 spiro atoms. The van der Waals surface area contributed by atoms with E-state index in [0.717, 1.165) is 25.9 Å². The fourth-order valence-electron chi connectivity index (χ4n) is 3.13. The third-order valence-corrected chi connectivity index (χ3v) is 11.6. The Hall–Kier alpha value is 0.487. The van der Waals surface area contributed by atoms with Gasteiger partial charge in [0.2, 0.25) is 0 Å². The van der Waals surface area contributed by atoms with Crippen molar-refractivity contribution in [1.29, 1.82) is 0 Å². The highest BCUT2D eigenvalue weighted by Crippen LogP contribution is 2.47. The van der Waals surface area contributed by atoms with Gasteiger partial charge in [0.15, 0.2) is 8.32 Å². The van der Waals surface area contributed by atoms with Crippen LogP contribution < -0.4 is 0 Å². The van der Waals surface area contributed by atoms with E-state index < -0.39 is 13.9 Å². The van der Waals surface area contributed by atoms with Crippen molar-refractivity contribution in [3.05, 3.63) is 0 Å². The van der Waals surface area contributed by atoms with Gasteiger partial charge in [-0.15, -0.1) is 0 Å². The molecule has 1 N–H and O–H groups in total. The predicted molar refractivity (Wildman–Crippen MR) is 91.0 cm³/mol. The van der Waals surface area contributed by atoms with Crippen LogP contribution in [0.3, 0.4) is 0 Å². The first-order valence-corrected chi connectivity index (χ1v) is 12.0. The monoisotopic (exact) mass is 316 g/mol. The molecule has 0 aliphatic carbocycles. The highest BCUT2D eigenvalue weighted by atomic mass is 32.2. The largest absolute Gasteiger partial charge is 0.417 e. The summed E-state index contributed by atoms with van der Waals surface area (Å²) in [7, 11) is -1.67. The van der Waals surface area contributed by atoms with Gasteiger partial charge < -0.3 is 9.53 Å². The average Bonchev–Trinajstić information content (AvgIpc) is 2.25. The van der Waals surface area contributed by atoms with E-state index >= 15 is 0 Å². The first kappa shape index (κ1) is 16.9. The second-order valence-corrected chi connectivity index (χ2v) is 14.7. The lowest BCUT2D eigenvalue weighted by atomic mass is 9.83. The lowest BCUT2D eigenvalue weighted by Crippen LogP contribution is -2.45. The van der Waals surface area contributed by atoms with E-state index in [1.807, 2.05) is 0 Å². The highest BCUT2D eigenvalue weighted by molar-refractivity contribution is 8.00. The molecule has 2 unspecified atom stereocenters. The Bertz CT molecular complexity index is 326. The fourth-order valence-corrected chi connectivity index (χ4v) is 6.14. The van der Waals surface area contributed by atoms with Gasteiger partial charge >= 0.3 is 0 Å². The SMILES string of the molecule is CC(C)(C)[Si](C)(C)OCCC1(O)CC2CCCC(C1)S2. The fraction of sp³-hybridized carbons (Fsp3) is 1.00. The lowest BCUT2D eigenvalue weighted by molar-refractivity contribution is -0.00702. The lowest BCUT2D eigenvalue weighted by Gasteiger charge is -2.44. The Labute approximate surface area is 130 Å². The number of thioether (sulfide) groups is 1. The molecule has 0 saturated carbocycles. The van der Waals surface area contributed by atoms with Crippen molar-refractivity contribution in [3.8, 4) is 0 Å². The molecule has 2 bridgehead atoms. The molecule has 0 aromatic rings. The minimum Gasteiger partial charge on any atom is -0.417 e. The molecule has 0 radical (unpaired) electrons. The first-order chi connectivity index (χ1) is 9.11. The Kier molecular flexibility index (Phi) is 5.00. The Morgan fingerprint density at radius 1 is 1.20 bits per heavy atom. The summed E-state index contributed by atoms with van der Waals surface area (Å²) in [5, 5.41) is 12.5. The summed E-state index contributed by atoms with van der Waals surface area (Å²) in [4.78, 5) is 0. The van der Waals surface area contributed by atoms with Gasteiger partial charge in [-0.3, -0.25) is 0 Å². The van der Waals surface area contributed by atoms with Crippen LogP contribution in [0.15, 0.2) is 0 Å². The zero-order chi connectivity index (χ0) is 15.0. The summed E-state index contributed by atoms with van der Waals surface area (Å²) >= 11 is 2.13. The van der Waals surface area contributed by atoms with Gasteiger partial charge in [0.25, 0.3) is 0 Å². The third kappa shape index (κ3) is 4.02. The van der Waals surface area contributed by atoms with Gasteiger partial charge in [-0.1, -0.05) is 27.2 Å². The van der Waals surface area contributed by atoms with E-state index in [2.05, 4.69) is 45.6 Å². The van der Waals surface area contributed by atoms with E-state index in [1.165, 1.54) is 19.3 Å². The second kappa shape index (κ2) is 5.94. The highest BCUT2D eigenvalue weighted by Gasteiger charge is 2.42. The molecule has 118 valence electrons. The van der Waals surface area contributed by atoms with Crippen LogP contribution >= 0.6 is 11.8 Å². The number of aliphatic hydroxyl groups is 1. The molecule has 2 atom stereocenters. The van der Waals surface area contributed by atoms with E-state index in [-0.39, 0.29) is 5.04 Å². The summed E-state index contributed by atoms with van der Waals surface area (Å²) in [6, 6.07) is 0. The van der Waals surface area contributed by atoms with Crippen molar-refractivity contribution in [1.82, 2.24) is 0 Å². The smallest absolute Gasteiger partial charge is 0.191 e. The van der Waals surface area contributed by atoms with Crippen LogP contribution in [0.25, 0.3) is 0 Å². The summed E-state index contributed by atoms with van der Waals surface area (Å²) in [5.74, 6) is 0. The molecule has 0 aromatic carbocycles. The number of rotatable bonds is 4. The molecule has 20 heavy (non-hydrogen) atoms. The second-order valence-electron chi connectivity index (χ2n) is 8.30. The maximum atomic E-state index is 10.9. The Morgan fingerprint density at radius 2 is 1.75 bits per heavy atom. The molecule has 2 heterocycles. The van der Waals surface area contributed by atoms with E-state index in [9.17, 15) is 5.11 Å². The Morgan fingerprint density at radius 3 is 2.25 bits per heavy atom. The maximum Gasteiger partial charge on any atom is 0.191 e. The average molecular weight is 317 g/mol. The van der Waals surface area contributed by atoms with Crippen molar-refractivity contribution in [2.45, 2.75) is 93.5 Å². The molecular formula is C16H32O2SSi. The third-order valence-electron chi connectivity index (χ3n) is 5.49. The summed E-state index contributed by atoms with van der Waals surface area (Å²) in [5.41, 5.74) is -0.455. The zero-order valence-corrected chi connectivity index (χ0v) is 15.7. The summed E-state index contributed by atoms with van der Waals surface area (Å²) < 4.78 is 6.26. The van der Waals surface area contributed by atoms with Crippen LogP contribution in [0.1, 0.15) is 59.3 Å². The van der Waals surface area contributed by atoms with Crippen LogP contribution in [-0.4, -0.2) is 36.1 Å². The Balaban J connectivity index is 1.84. The molecule has 0 amide bonds. The van der Waals surface area contributed by atoms with Crippen LogP contribution in [0.4, 0.5) is 0 Å². The molecule has 2 aliphatic rings. The van der Waals surface area contributed by atoms with E-state index in [4.69, 9.17) is 4.43 Å². The minimum atomic E-state index is -1.67. The van der Waals surface area contributed by atoms with Crippen LogP contribution in [0.2, 0.25) is 18.1 Å². The molecule has 2 aliphatic heterocycles. The van der Waals surface area contributed by atoms with Crippen molar-refractivity contribution < 1.29 is 9.53 Å². The maximum absolute atomic E-state index is 10.9. The van der Waals surface area contributed by atoms with Gasteiger partial charge in [0, 0.05) is 17.1 Å². The summed E-state index contributed by atoms with van der Waals surface area (Å²) in [6.45, 7) is 12.1. The molecule has 2 rings (SSSR count). The van der Waals surface area contributed by atoms with Gasteiger partial charge in [-0.2, -0.15) is 11.8 Å². The predicted octanol–water partition coefficient (Wildman–Crippen LogP) is 4.58. The molecule has 0 aromatic heterocycles. The molecule has 4 heteroatoms. The zero-order valence-electron chi connectivity index (χ0n) is 13.9. The first-order valence-electron chi connectivity index (χ1n) is 8.13. The molecular weight excluding hydrogens is 284 g/mol.